The summed E-state index contributed by atoms with van der Waals surface area (Å²) in [6.45, 7) is 5.34. The molecule has 0 radical (unpaired) electrons. The minimum atomic E-state index is 0.108. The van der Waals surface area contributed by atoms with Gasteiger partial charge in [-0.1, -0.05) is 48.7 Å². The highest BCUT2D eigenvalue weighted by atomic mass is 32.2. The summed E-state index contributed by atoms with van der Waals surface area (Å²) in [5.74, 6) is 0. The first-order valence-corrected chi connectivity index (χ1v) is 5.86. The topological polar surface area (TPSA) is 17.1 Å². The number of hydrogen-bond donors (Lipinski definition) is 0. The van der Waals surface area contributed by atoms with E-state index < -0.39 is 0 Å². The third-order valence-corrected chi connectivity index (χ3v) is 3.22. The van der Waals surface area contributed by atoms with Crippen molar-refractivity contribution in [1.82, 2.24) is 0 Å². The zero-order valence-electron chi connectivity index (χ0n) is 9.07. The quantitative estimate of drug-likeness (QED) is 0.719. The second kappa shape index (κ2) is 4.54. The number of carbonyl (C=O) groups excluding carboxylic acids is 1. The van der Waals surface area contributed by atoms with E-state index in [1.54, 1.807) is 6.92 Å². The lowest BCUT2D eigenvalue weighted by Crippen LogP contribution is -1.84. The molecule has 0 saturated carbocycles. The fraction of sp³-hybridized carbons (Fsp3) is 0.0714. The van der Waals surface area contributed by atoms with E-state index in [9.17, 15) is 4.79 Å². The third-order valence-electron chi connectivity index (χ3n) is 2.36. The molecule has 0 unspecified atom stereocenters. The number of fused-ring (bicyclic) bond motifs is 1. The Balaban J connectivity index is 2.63. The van der Waals surface area contributed by atoms with Crippen LogP contribution in [0.25, 0.3) is 16.8 Å². The summed E-state index contributed by atoms with van der Waals surface area (Å²) in [4.78, 5) is 12.2. The summed E-state index contributed by atoms with van der Waals surface area (Å²) in [6, 6.07) is 12.1. The van der Waals surface area contributed by atoms with E-state index in [1.165, 1.54) is 11.8 Å². The maximum atomic E-state index is 11.2. The van der Waals surface area contributed by atoms with Gasteiger partial charge in [-0.2, -0.15) is 0 Å². The largest absolute Gasteiger partial charge is 0.287 e. The molecule has 0 fully saturated rings. The average molecular weight is 228 g/mol. The molecular weight excluding hydrogens is 216 g/mol. The molecule has 0 atom stereocenters. The molecule has 0 aliphatic rings. The molecule has 0 saturated heterocycles. The van der Waals surface area contributed by atoms with Crippen LogP contribution in [0.5, 0.6) is 0 Å². The van der Waals surface area contributed by atoms with Crippen LogP contribution in [0.3, 0.4) is 0 Å². The van der Waals surface area contributed by atoms with Crippen molar-refractivity contribution < 1.29 is 4.79 Å². The van der Waals surface area contributed by atoms with Gasteiger partial charge in [-0.15, -0.1) is 0 Å². The lowest BCUT2D eigenvalue weighted by Gasteiger charge is -2.05. The molecule has 2 aromatic rings. The fourth-order valence-electron chi connectivity index (χ4n) is 1.63. The monoisotopic (exact) mass is 228 g/mol. The van der Waals surface area contributed by atoms with Crippen molar-refractivity contribution >= 4 is 33.7 Å². The number of benzene rings is 2. The van der Waals surface area contributed by atoms with Crippen molar-refractivity contribution in [2.75, 3.05) is 0 Å². The van der Waals surface area contributed by atoms with E-state index in [4.69, 9.17) is 0 Å². The van der Waals surface area contributed by atoms with E-state index in [1.807, 2.05) is 30.3 Å². The van der Waals surface area contributed by atoms with Crippen LogP contribution >= 0.6 is 11.8 Å². The highest BCUT2D eigenvalue weighted by molar-refractivity contribution is 8.13. The molecule has 1 nitrogen and oxygen atoms in total. The predicted molar refractivity (Wildman–Crippen MR) is 70.6 cm³/mol. The van der Waals surface area contributed by atoms with Crippen molar-refractivity contribution in [3.05, 3.63) is 48.5 Å². The van der Waals surface area contributed by atoms with Crippen LogP contribution in [0.2, 0.25) is 0 Å². The summed E-state index contributed by atoms with van der Waals surface area (Å²) in [6.07, 6.45) is 1.81. The van der Waals surface area contributed by atoms with Crippen molar-refractivity contribution in [3.63, 3.8) is 0 Å². The van der Waals surface area contributed by atoms with Gasteiger partial charge in [0.25, 0.3) is 0 Å². The highest BCUT2D eigenvalue weighted by Gasteiger charge is 2.04. The van der Waals surface area contributed by atoms with Crippen molar-refractivity contribution in [2.24, 2.45) is 0 Å². The van der Waals surface area contributed by atoms with Crippen molar-refractivity contribution in [3.8, 4) is 0 Å². The maximum absolute atomic E-state index is 11.2. The minimum Gasteiger partial charge on any atom is -0.287 e. The molecule has 2 rings (SSSR count). The normalized spacial score (nSPS) is 10.3. The molecule has 16 heavy (non-hydrogen) atoms. The maximum Gasteiger partial charge on any atom is 0.190 e. The molecular formula is C14H12OS. The summed E-state index contributed by atoms with van der Waals surface area (Å²) in [7, 11) is 0. The standard InChI is InChI=1S/C14H12OS/c1-3-11-7-8-12-5-4-6-14(13(12)9-11)16-10(2)15/h3-9H,1H2,2H3. The van der Waals surface area contributed by atoms with Crippen molar-refractivity contribution in [2.45, 2.75) is 11.8 Å². The molecule has 0 bridgehead atoms. The van der Waals surface area contributed by atoms with Gasteiger partial charge in [0, 0.05) is 11.8 Å². The molecule has 2 aromatic carbocycles. The molecule has 0 amide bonds. The van der Waals surface area contributed by atoms with E-state index in [2.05, 4.69) is 18.7 Å². The lowest BCUT2D eigenvalue weighted by atomic mass is 10.1. The van der Waals surface area contributed by atoms with Gasteiger partial charge < -0.3 is 0 Å². The van der Waals surface area contributed by atoms with Gasteiger partial charge in [0.05, 0.1) is 0 Å². The Morgan fingerprint density at radius 3 is 2.81 bits per heavy atom. The summed E-state index contributed by atoms with van der Waals surface area (Å²) >= 11 is 1.27. The van der Waals surface area contributed by atoms with Gasteiger partial charge in [0.1, 0.15) is 0 Å². The van der Waals surface area contributed by atoms with Crippen LogP contribution in [0.15, 0.2) is 47.9 Å². The minimum absolute atomic E-state index is 0.108. The molecule has 0 aliphatic carbocycles. The number of hydrogen-bond acceptors (Lipinski definition) is 2. The Morgan fingerprint density at radius 2 is 2.12 bits per heavy atom. The SMILES string of the molecule is C=Cc1ccc2cccc(SC(C)=O)c2c1. The first kappa shape index (κ1) is 11.0. The molecule has 0 spiro atoms. The van der Waals surface area contributed by atoms with Crippen LogP contribution in [0, 0.1) is 0 Å². The molecule has 0 aromatic heterocycles. The third kappa shape index (κ3) is 2.17. The molecule has 0 aliphatic heterocycles. The Bertz CT molecular complexity index is 558. The van der Waals surface area contributed by atoms with Crippen molar-refractivity contribution in [1.29, 1.82) is 0 Å². The van der Waals surface area contributed by atoms with Crippen LogP contribution in [0.4, 0.5) is 0 Å². The summed E-state index contributed by atoms with van der Waals surface area (Å²) < 4.78 is 0. The Morgan fingerprint density at radius 1 is 1.31 bits per heavy atom. The van der Waals surface area contributed by atoms with Crippen LogP contribution in [-0.4, -0.2) is 5.12 Å². The molecule has 0 N–H and O–H groups in total. The average Bonchev–Trinajstić information content (AvgIpc) is 2.28. The Kier molecular flexibility index (Phi) is 3.11. The number of carbonyl (C=O) groups is 1. The smallest absolute Gasteiger partial charge is 0.190 e. The molecule has 2 heteroatoms. The van der Waals surface area contributed by atoms with Gasteiger partial charge in [0.15, 0.2) is 5.12 Å². The van der Waals surface area contributed by atoms with Gasteiger partial charge in [-0.25, -0.2) is 0 Å². The Labute approximate surface area is 99.2 Å². The van der Waals surface area contributed by atoms with Crippen LogP contribution < -0.4 is 0 Å². The fourth-order valence-corrected chi connectivity index (χ4v) is 2.38. The van der Waals surface area contributed by atoms with E-state index in [-0.39, 0.29) is 5.12 Å². The number of thioether (sulfide) groups is 1. The highest BCUT2D eigenvalue weighted by Crippen LogP contribution is 2.29. The van der Waals surface area contributed by atoms with E-state index in [0.717, 1.165) is 21.2 Å². The van der Waals surface area contributed by atoms with E-state index >= 15 is 0 Å². The summed E-state index contributed by atoms with van der Waals surface area (Å²) in [5.41, 5.74) is 1.07. The van der Waals surface area contributed by atoms with Crippen LogP contribution in [-0.2, 0) is 4.79 Å². The predicted octanol–water partition coefficient (Wildman–Crippen LogP) is 4.12. The zero-order chi connectivity index (χ0) is 11.5. The van der Waals surface area contributed by atoms with Gasteiger partial charge in [-0.05, 0) is 28.5 Å². The second-order valence-electron chi connectivity index (χ2n) is 3.53. The lowest BCUT2D eigenvalue weighted by molar-refractivity contribution is -0.109. The zero-order valence-corrected chi connectivity index (χ0v) is 9.88. The van der Waals surface area contributed by atoms with Crippen LogP contribution in [0.1, 0.15) is 12.5 Å². The first-order chi connectivity index (χ1) is 7.70. The first-order valence-electron chi connectivity index (χ1n) is 5.04. The van der Waals surface area contributed by atoms with E-state index in [0.29, 0.717) is 0 Å². The number of rotatable bonds is 2. The molecule has 0 heterocycles. The van der Waals surface area contributed by atoms with Gasteiger partial charge in [-0.3, -0.25) is 4.79 Å². The Hall–Kier alpha value is -1.54. The second-order valence-corrected chi connectivity index (χ2v) is 4.75. The summed E-state index contributed by atoms with van der Waals surface area (Å²) in [5, 5.41) is 2.37. The van der Waals surface area contributed by atoms with Gasteiger partial charge in [0.2, 0.25) is 0 Å². The van der Waals surface area contributed by atoms with Gasteiger partial charge >= 0.3 is 0 Å². The molecule has 80 valence electrons.